The molecular formula is C27H34N4O3. The van der Waals surface area contributed by atoms with Crippen molar-refractivity contribution in [2.45, 2.75) is 51.1 Å². The first-order valence-corrected chi connectivity index (χ1v) is 12.2. The molecule has 0 unspecified atom stereocenters. The Morgan fingerprint density at radius 2 is 1.71 bits per heavy atom. The lowest BCUT2D eigenvalue weighted by atomic mass is 9.94. The van der Waals surface area contributed by atoms with Crippen LogP contribution in [0.5, 0.6) is 0 Å². The number of benzene rings is 2. The number of hydrogen-bond donors (Lipinski definition) is 3. The number of nitrogens with one attached hydrogen (secondary N) is 3. The molecule has 2 aromatic carbocycles. The van der Waals surface area contributed by atoms with Gasteiger partial charge in [0.25, 0.3) is 0 Å². The predicted octanol–water partition coefficient (Wildman–Crippen LogP) is 2.65. The van der Waals surface area contributed by atoms with Gasteiger partial charge in [-0.15, -0.1) is 0 Å². The Morgan fingerprint density at radius 3 is 2.35 bits per heavy atom. The summed E-state index contributed by atoms with van der Waals surface area (Å²) >= 11 is 0. The Morgan fingerprint density at radius 1 is 1.00 bits per heavy atom. The summed E-state index contributed by atoms with van der Waals surface area (Å²) < 4.78 is 0. The van der Waals surface area contributed by atoms with E-state index in [1.807, 2.05) is 66.4 Å². The van der Waals surface area contributed by atoms with Crippen LogP contribution in [0.1, 0.15) is 36.8 Å². The van der Waals surface area contributed by atoms with E-state index in [2.05, 4.69) is 16.0 Å². The molecule has 4 rings (SSSR count). The van der Waals surface area contributed by atoms with Crippen LogP contribution in [0.2, 0.25) is 0 Å². The summed E-state index contributed by atoms with van der Waals surface area (Å²) in [5, 5.41) is 9.19. The van der Waals surface area contributed by atoms with Gasteiger partial charge in [0.15, 0.2) is 0 Å². The first-order chi connectivity index (χ1) is 16.5. The Kier molecular flexibility index (Phi) is 7.95. The third-order valence-electron chi connectivity index (χ3n) is 6.77. The zero-order valence-corrected chi connectivity index (χ0v) is 19.8. The van der Waals surface area contributed by atoms with Gasteiger partial charge in [-0.1, -0.05) is 48.0 Å². The molecule has 0 radical (unpaired) electrons. The van der Waals surface area contributed by atoms with E-state index in [4.69, 9.17) is 0 Å². The van der Waals surface area contributed by atoms with E-state index in [9.17, 15) is 14.4 Å². The summed E-state index contributed by atoms with van der Waals surface area (Å²) in [5.74, 6) is -0.408. The highest BCUT2D eigenvalue weighted by molar-refractivity contribution is 5.97. The maximum Gasteiger partial charge on any atom is 0.247 e. The standard InChI is InChI=1S/C27H34N4O3/c1-19-9-11-22(12-10-19)29-26(33)24(18-20-6-3-2-4-7-20)30-25(32)21-13-16-31(17-14-21)27(34)23-8-5-15-28-23/h2-4,6-7,9-12,21,23-24,28H,5,8,13-18H2,1H3,(H,29,33)(H,30,32)/t23-,24-/m0/s1. The molecule has 2 saturated heterocycles. The van der Waals surface area contributed by atoms with Gasteiger partial charge in [0.1, 0.15) is 6.04 Å². The number of aryl methyl sites for hydroxylation is 1. The van der Waals surface area contributed by atoms with E-state index in [-0.39, 0.29) is 29.7 Å². The highest BCUT2D eigenvalue weighted by Gasteiger charge is 2.33. The molecule has 3 amide bonds. The van der Waals surface area contributed by atoms with Gasteiger partial charge in [-0.25, -0.2) is 0 Å². The number of amides is 3. The zero-order chi connectivity index (χ0) is 23.9. The number of carbonyl (C=O) groups excluding carboxylic acids is 3. The molecule has 7 nitrogen and oxygen atoms in total. The molecule has 2 aromatic rings. The lowest BCUT2D eigenvalue weighted by molar-refractivity contribution is -0.137. The molecule has 0 aliphatic carbocycles. The number of anilines is 1. The van der Waals surface area contributed by atoms with Crippen LogP contribution in [0.25, 0.3) is 0 Å². The van der Waals surface area contributed by atoms with E-state index in [1.165, 1.54) is 0 Å². The van der Waals surface area contributed by atoms with Gasteiger partial charge >= 0.3 is 0 Å². The molecule has 0 saturated carbocycles. The summed E-state index contributed by atoms with van der Waals surface area (Å²) in [5.41, 5.74) is 2.80. The molecule has 2 atom stereocenters. The Labute approximate surface area is 201 Å². The zero-order valence-electron chi connectivity index (χ0n) is 19.8. The monoisotopic (exact) mass is 462 g/mol. The average Bonchev–Trinajstić information content (AvgIpc) is 3.40. The predicted molar refractivity (Wildman–Crippen MR) is 132 cm³/mol. The fraction of sp³-hybridized carbons (Fsp3) is 0.444. The second-order valence-corrected chi connectivity index (χ2v) is 9.35. The van der Waals surface area contributed by atoms with Gasteiger partial charge in [-0.3, -0.25) is 14.4 Å². The molecule has 0 bridgehead atoms. The van der Waals surface area contributed by atoms with Gasteiger partial charge in [-0.05, 0) is 56.8 Å². The largest absolute Gasteiger partial charge is 0.344 e. The Bertz CT molecular complexity index is 979. The van der Waals surface area contributed by atoms with Crippen molar-refractivity contribution < 1.29 is 14.4 Å². The van der Waals surface area contributed by atoms with Crippen molar-refractivity contribution in [1.29, 1.82) is 0 Å². The van der Waals surface area contributed by atoms with Crippen LogP contribution < -0.4 is 16.0 Å². The van der Waals surface area contributed by atoms with Crippen molar-refractivity contribution in [3.63, 3.8) is 0 Å². The first kappa shape index (κ1) is 24.0. The fourth-order valence-electron chi connectivity index (χ4n) is 4.69. The number of carbonyl (C=O) groups is 3. The van der Waals surface area contributed by atoms with Crippen LogP contribution in [-0.4, -0.2) is 54.3 Å². The van der Waals surface area contributed by atoms with Gasteiger partial charge in [0.05, 0.1) is 6.04 Å². The summed E-state index contributed by atoms with van der Waals surface area (Å²) in [7, 11) is 0. The van der Waals surface area contributed by atoms with Crippen molar-refractivity contribution in [2.75, 3.05) is 25.0 Å². The number of likely N-dealkylation sites (tertiary alicyclic amines) is 1. The van der Waals surface area contributed by atoms with Crippen LogP contribution in [0, 0.1) is 12.8 Å². The SMILES string of the molecule is Cc1ccc(NC(=O)[C@H](Cc2ccccc2)NC(=O)C2CCN(C(=O)[C@@H]3CCCN3)CC2)cc1. The second kappa shape index (κ2) is 11.3. The summed E-state index contributed by atoms with van der Waals surface area (Å²) in [6.07, 6.45) is 3.55. The highest BCUT2D eigenvalue weighted by Crippen LogP contribution is 2.20. The van der Waals surface area contributed by atoms with Gasteiger partial charge < -0.3 is 20.9 Å². The molecule has 34 heavy (non-hydrogen) atoms. The molecule has 2 fully saturated rings. The molecule has 2 heterocycles. The van der Waals surface area contributed by atoms with Crippen LogP contribution in [-0.2, 0) is 20.8 Å². The summed E-state index contributed by atoms with van der Waals surface area (Å²) in [6.45, 7) is 4.04. The van der Waals surface area contributed by atoms with E-state index in [0.29, 0.717) is 38.0 Å². The average molecular weight is 463 g/mol. The van der Waals surface area contributed by atoms with Crippen molar-refractivity contribution in [3.8, 4) is 0 Å². The van der Waals surface area contributed by atoms with Crippen LogP contribution >= 0.6 is 0 Å². The molecule has 2 aliphatic rings. The van der Waals surface area contributed by atoms with Crippen molar-refractivity contribution in [2.24, 2.45) is 5.92 Å². The molecule has 7 heteroatoms. The minimum Gasteiger partial charge on any atom is -0.344 e. The van der Waals surface area contributed by atoms with E-state index in [0.717, 1.165) is 30.5 Å². The summed E-state index contributed by atoms with van der Waals surface area (Å²) in [4.78, 5) is 40.8. The van der Waals surface area contributed by atoms with Gasteiger partial charge in [0, 0.05) is 31.1 Å². The minimum atomic E-state index is -0.682. The molecule has 180 valence electrons. The van der Waals surface area contributed by atoms with E-state index in [1.54, 1.807) is 0 Å². The summed E-state index contributed by atoms with van der Waals surface area (Å²) in [6, 6.07) is 16.5. The van der Waals surface area contributed by atoms with Gasteiger partial charge in [0.2, 0.25) is 17.7 Å². The van der Waals surface area contributed by atoms with Crippen molar-refractivity contribution in [3.05, 3.63) is 65.7 Å². The van der Waals surface area contributed by atoms with Crippen molar-refractivity contribution in [1.82, 2.24) is 15.5 Å². The van der Waals surface area contributed by atoms with Crippen LogP contribution in [0.3, 0.4) is 0 Å². The minimum absolute atomic E-state index is 0.0777. The lowest BCUT2D eigenvalue weighted by Gasteiger charge is -2.33. The third-order valence-corrected chi connectivity index (χ3v) is 6.77. The number of nitrogens with zero attached hydrogens (tertiary/aromatic N) is 1. The molecule has 0 spiro atoms. The number of hydrogen-bond acceptors (Lipinski definition) is 4. The second-order valence-electron chi connectivity index (χ2n) is 9.35. The normalized spacial score (nSPS) is 19.4. The van der Waals surface area contributed by atoms with E-state index >= 15 is 0 Å². The first-order valence-electron chi connectivity index (χ1n) is 12.2. The fourth-order valence-corrected chi connectivity index (χ4v) is 4.69. The maximum absolute atomic E-state index is 13.1. The number of rotatable bonds is 7. The molecule has 0 aromatic heterocycles. The van der Waals surface area contributed by atoms with Crippen LogP contribution in [0.15, 0.2) is 54.6 Å². The molecule has 3 N–H and O–H groups in total. The van der Waals surface area contributed by atoms with Crippen LogP contribution in [0.4, 0.5) is 5.69 Å². The lowest BCUT2D eigenvalue weighted by Crippen LogP contribution is -2.51. The number of piperidine rings is 1. The maximum atomic E-state index is 13.1. The Hall–Kier alpha value is -3.19. The van der Waals surface area contributed by atoms with Gasteiger partial charge in [-0.2, -0.15) is 0 Å². The smallest absolute Gasteiger partial charge is 0.247 e. The van der Waals surface area contributed by atoms with E-state index < -0.39 is 6.04 Å². The third kappa shape index (κ3) is 6.23. The Balaban J connectivity index is 1.37. The molecule has 2 aliphatic heterocycles. The quantitative estimate of drug-likeness (QED) is 0.590. The topological polar surface area (TPSA) is 90.5 Å². The molecular weight excluding hydrogens is 428 g/mol. The van der Waals surface area contributed by atoms with Crippen molar-refractivity contribution >= 4 is 23.4 Å². The highest BCUT2D eigenvalue weighted by atomic mass is 16.2.